The molecular formula is C11H15NO3S. The fourth-order valence-corrected chi connectivity index (χ4v) is 2.19. The number of nitrogens with one attached hydrogen (secondary N) is 1. The lowest BCUT2D eigenvalue weighted by Crippen LogP contribution is -2.39. The zero-order valence-electron chi connectivity index (χ0n) is 9.53. The van der Waals surface area contributed by atoms with Gasteiger partial charge >= 0.3 is 5.97 Å². The van der Waals surface area contributed by atoms with Crippen LogP contribution in [0.1, 0.15) is 33.5 Å². The number of aryl methyl sites for hydroxylation is 2. The van der Waals surface area contributed by atoms with E-state index in [4.69, 9.17) is 5.11 Å². The van der Waals surface area contributed by atoms with Crippen molar-refractivity contribution in [3.63, 3.8) is 0 Å². The van der Waals surface area contributed by atoms with E-state index in [9.17, 15) is 9.59 Å². The number of carboxylic acids is 1. The Kier molecular flexibility index (Phi) is 4.06. The predicted molar refractivity (Wildman–Crippen MR) is 63.0 cm³/mol. The molecule has 0 radical (unpaired) electrons. The summed E-state index contributed by atoms with van der Waals surface area (Å²) in [5.74, 6) is -1.31. The van der Waals surface area contributed by atoms with Gasteiger partial charge in [0.2, 0.25) is 0 Å². The fourth-order valence-electron chi connectivity index (χ4n) is 1.25. The van der Waals surface area contributed by atoms with Crippen molar-refractivity contribution in [1.82, 2.24) is 5.32 Å². The highest BCUT2D eigenvalue weighted by Crippen LogP contribution is 2.20. The molecule has 0 bridgehead atoms. The largest absolute Gasteiger partial charge is 0.480 e. The van der Waals surface area contributed by atoms with Crippen LogP contribution >= 0.6 is 11.3 Å². The smallest absolute Gasteiger partial charge is 0.326 e. The maximum Gasteiger partial charge on any atom is 0.326 e. The minimum atomic E-state index is -0.999. The molecule has 4 nitrogen and oxygen atoms in total. The van der Waals surface area contributed by atoms with Crippen LogP contribution in [0, 0.1) is 13.8 Å². The number of amides is 1. The van der Waals surface area contributed by atoms with Crippen LogP contribution in [0.2, 0.25) is 0 Å². The van der Waals surface area contributed by atoms with E-state index in [2.05, 4.69) is 5.32 Å². The first-order chi connectivity index (χ1) is 7.45. The number of carbonyl (C=O) groups excluding carboxylic acids is 1. The van der Waals surface area contributed by atoms with E-state index in [1.165, 1.54) is 11.3 Å². The minimum absolute atomic E-state index is 0.310. The molecule has 0 saturated carbocycles. The Labute approximate surface area is 98.3 Å². The topological polar surface area (TPSA) is 66.4 Å². The van der Waals surface area contributed by atoms with Gasteiger partial charge < -0.3 is 10.4 Å². The number of rotatable bonds is 4. The normalized spacial score (nSPS) is 12.2. The molecule has 1 rings (SSSR count). The highest BCUT2D eigenvalue weighted by Gasteiger charge is 2.19. The lowest BCUT2D eigenvalue weighted by molar-refractivity contribution is -0.139. The zero-order chi connectivity index (χ0) is 12.3. The molecule has 0 aromatic carbocycles. The summed E-state index contributed by atoms with van der Waals surface area (Å²) in [6.45, 7) is 5.59. The van der Waals surface area contributed by atoms with Crippen LogP contribution in [0.4, 0.5) is 0 Å². The van der Waals surface area contributed by atoms with Crippen molar-refractivity contribution in [3.8, 4) is 0 Å². The molecule has 16 heavy (non-hydrogen) atoms. The van der Waals surface area contributed by atoms with Crippen molar-refractivity contribution in [3.05, 3.63) is 21.4 Å². The lowest BCUT2D eigenvalue weighted by Gasteiger charge is -2.10. The van der Waals surface area contributed by atoms with Gasteiger partial charge in [-0.1, -0.05) is 6.92 Å². The molecule has 1 aromatic rings. The van der Waals surface area contributed by atoms with Crippen LogP contribution in [0.25, 0.3) is 0 Å². The molecule has 0 aliphatic carbocycles. The van der Waals surface area contributed by atoms with Gasteiger partial charge in [0.1, 0.15) is 6.04 Å². The quantitative estimate of drug-likeness (QED) is 0.846. The molecule has 2 N–H and O–H groups in total. The third kappa shape index (κ3) is 2.82. The molecule has 1 amide bonds. The van der Waals surface area contributed by atoms with Gasteiger partial charge in [-0.2, -0.15) is 0 Å². The van der Waals surface area contributed by atoms with Crippen molar-refractivity contribution < 1.29 is 14.7 Å². The Morgan fingerprint density at radius 2 is 2.12 bits per heavy atom. The summed E-state index contributed by atoms with van der Waals surface area (Å²) in [5, 5.41) is 11.3. The standard InChI is InChI=1S/C11H15NO3S/c1-4-8(11(14)15)12-10(13)9-5-6(2)7(3)16-9/h5,8H,4H2,1-3H3,(H,12,13)(H,14,15). The number of hydrogen-bond acceptors (Lipinski definition) is 3. The van der Waals surface area contributed by atoms with Crippen LogP contribution in [0.5, 0.6) is 0 Å². The number of aliphatic carboxylic acids is 1. The Hall–Kier alpha value is -1.36. The van der Waals surface area contributed by atoms with E-state index < -0.39 is 12.0 Å². The molecular weight excluding hydrogens is 226 g/mol. The Balaban J connectivity index is 2.75. The molecule has 0 aliphatic heterocycles. The van der Waals surface area contributed by atoms with E-state index in [-0.39, 0.29) is 5.91 Å². The molecule has 5 heteroatoms. The molecule has 0 aliphatic rings. The second-order valence-electron chi connectivity index (χ2n) is 3.62. The summed E-state index contributed by atoms with van der Waals surface area (Å²) in [7, 11) is 0. The molecule has 0 saturated heterocycles. The maximum atomic E-state index is 11.7. The predicted octanol–water partition coefficient (Wildman–Crippen LogP) is 1.96. The van der Waals surface area contributed by atoms with Crippen LogP contribution in [-0.2, 0) is 4.79 Å². The molecule has 0 spiro atoms. The number of hydrogen-bond donors (Lipinski definition) is 2. The first-order valence-corrected chi connectivity index (χ1v) is 5.88. The van der Waals surface area contributed by atoms with E-state index in [1.54, 1.807) is 13.0 Å². The second kappa shape index (κ2) is 5.12. The van der Waals surface area contributed by atoms with Gasteiger partial charge in [-0.3, -0.25) is 4.79 Å². The first kappa shape index (κ1) is 12.7. The number of carbonyl (C=O) groups is 2. The highest BCUT2D eigenvalue weighted by atomic mass is 32.1. The van der Waals surface area contributed by atoms with Gasteiger partial charge in [0.25, 0.3) is 5.91 Å². The van der Waals surface area contributed by atoms with E-state index in [0.29, 0.717) is 11.3 Å². The van der Waals surface area contributed by atoms with Gasteiger partial charge in [0, 0.05) is 4.88 Å². The molecule has 88 valence electrons. The lowest BCUT2D eigenvalue weighted by atomic mass is 10.2. The van der Waals surface area contributed by atoms with Gasteiger partial charge in [0.15, 0.2) is 0 Å². The summed E-state index contributed by atoms with van der Waals surface area (Å²) in [5.41, 5.74) is 1.05. The number of thiophene rings is 1. The SMILES string of the molecule is CCC(NC(=O)c1cc(C)c(C)s1)C(=O)O. The first-order valence-electron chi connectivity index (χ1n) is 5.06. The molecule has 0 fully saturated rings. The van der Waals surface area contributed by atoms with Crippen molar-refractivity contribution in [2.75, 3.05) is 0 Å². The summed E-state index contributed by atoms with van der Waals surface area (Å²) in [4.78, 5) is 24.1. The molecule has 1 heterocycles. The Morgan fingerprint density at radius 3 is 2.50 bits per heavy atom. The second-order valence-corrected chi connectivity index (χ2v) is 4.88. The van der Waals surface area contributed by atoms with Gasteiger partial charge in [0.05, 0.1) is 4.88 Å². The van der Waals surface area contributed by atoms with Crippen molar-refractivity contribution in [2.45, 2.75) is 33.2 Å². The van der Waals surface area contributed by atoms with Crippen molar-refractivity contribution in [2.24, 2.45) is 0 Å². The van der Waals surface area contributed by atoms with Crippen LogP contribution in [0.3, 0.4) is 0 Å². The average molecular weight is 241 g/mol. The minimum Gasteiger partial charge on any atom is -0.480 e. The third-order valence-corrected chi connectivity index (χ3v) is 3.55. The third-order valence-electron chi connectivity index (χ3n) is 2.40. The van der Waals surface area contributed by atoms with E-state index in [1.807, 2.05) is 13.8 Å². The fraction of sp³-hybridized carbons (Fsp3) is 0.455. The highest BCUT2D eigenvalue weighted by molar-refractivity contribution is 7.14. The van der Waals surface area contributed by atoms with E-state index >= 15 is 0 Å². The van der Waals surface area contributed by atoms with Crippen LogP contribution in [-0.4, -0.2) is 23.0 Å². The zero-order valence-corrected chi connectivity index (χ0v) is 10.4. The Morgan fingerprint density at radius 1 is 1.50 bits per heavy atom. The van der Waals surface area contributed by atoms with Crippen molar-refractivity contribution in [1.29, 1.82) is 0 Å². The summed E-state index contributed by atoms with van der Waals surface area (Å²) >= 11 is 1.38. The number of carboxylic acid groups (broad SMARTS) is 1. The van der Waals surface area contributed by atoms with Gasteiger partial charge in [-0.05, 0) is 31.9 Å². The maximum absolute atomic E-state index is 11.7. The molecule has 1 atom stereocenters. The summed E-state index contributed by atoms with van der Waals surface area (Å²) in [6.07, 6.45) is 0.379. The molecule has 1 aromatic heterocycles. The van der Waals surface area contributed by atoms with Gasteiger partial charge in [-0.15, -0.1) is 11.3 Å². The Bertz CT molecular complexity index is 392. The monoisotopic (exact) mass is 241 g/mol. The van der Waals surface area contributed by atoms with Crippen LogP contribution in [0.15, 0.2) is 6.07 Å². The summed E-state index contributed by atoms with van der Waals surface area (Å²) < 4.78 is 0. The van der Waals surface area contributed by atoms with E-state index in [0.717, 1.165) is 10.4 Å². The molecule has 1 unspecified atom stereocenters. The summed E-state index contributed by atoms with van der Waals surface area (Å²) in [6, 6.07) is 0.972. The van der Waals surface area contributed by atoms with Crippen molar-refractivity contribution >= 4 is 23.2 Å². The van der Waals surface area contributed by atoms with Crippen LogP contribution < -0.4 is 5.32 Å². The average Bonchev–Trinajstić information content (AvgIpc) is 2.55. The van der Waals surface area contributed by atoms with Gasteiger partial charge in [-0.25, -0.2) is 4.79 Å².